The predicted octanol–water partition coefficient (Wildman–Crippen LogP) is 2.90. The van der Waals surface area contributed by atoms with Crippen LogP contribution in [-0.4, -0.2) is 23.3 Å². The van der Waals surface area contributed by atoms with Gasteiger partial charge in [0.05, 0.1) is 4.92 Å². The molecule has 5 nitrogen and oxygen atoms in total. The molecule has 0 heterocycles. The first-order valence-electron chi connectivity index (χ1n) is 5.86. The SMILES string of the molecule is Cc1cc(C(=O)NCC(C)(C)CCl)ccc1[N+](=O)[O-]. The van der Waals surface area contributed by atoms with Crippen LogP contribution in [0.25, 0.3) is 0 Å². The van der Waals surface area contributed by atoms with Crippen LogP contribution >= 0.6 is 11.6 Å². The molecule has 0 saturated carbocycles. The zero-order valence-corrected chi connectivity index (χ0v) is 12.0. The summed E-state index contributed by atoms with van der Waals surface area (Å²) in [7, 11) is 0. The molecule has 1 amide bonds. The van der Waals surface area contributed by atoms with Crippen molar-refractivity contribution < 1.29 is 9.72 Å². The monoisotopic (exact) mass is 284 g/mol. The summed E-state index contributed by atoms with van der Waals surface area (Å²) in [5, 5.41) is 13.5. The number of nitro groups is 1. The number of nitro benzene ring substituents is 1. The van der Waals surface area contributed by atoms with Crippen LogP contribution < -0.4 is 5.32 Å². The number of carbonyl (C=O) groups excluding carboxylic acids is 1. The number of nitrogens with one attached hydrogen (secondary N) is 1. The number of alkyl halides is 1. The first-order valence-corrected chi connectivity index (χ1v) is 6.39. The fraction of sp³-hybridized carbons (Fsp3) is 0.462. The highest BCUT2D eigenvalue weighted by atomic mass is 35.5. The van der Waals surface area contributed by atoms with E-state index < -0.39 is 4.92 Å². The van der Waals surface area contributed by atoms with Crippen LogP contribution in [0.1, 0.15) is 29.8 Å². The van der Waals surface area contributed by atoms with E-state index in [0.717, 1.165) is 0 Å². The van der Waals surface area contributed by atoms with Crippen LogP contribution in [0.2, 0.25) is 0 Å². The number of hydrogen-bond donors (Lipinski definition) is 1. The van der Waals surface area contributed by atoms with Crippen molar-refractivity contribution in [1.29, 1.82) is 0 Å². The molecule has 0 aliphatic rings. The van der Waals surface area contributed by atoms with Gasteiger partial charge in [0.2, 0.25) is 0 Å². The van der Waals surface area contributed by atoms with Crippen molar-refractivity contribution >= 4 is 23.2 Å². The third-order valence-corrected chi connectivity index (χ3v) is 3.47. The largest absolute Gasteiger partial charge is 0.351 e. The molecule has 1 rings (SSSR count). The molecule has 0 aromatic heterocycles. The minimum Gasteiger partial charge on any atom is -0.351 e. The molecular weight excluding hydrogens is 268 g/mol. The first kappa shape index (κ1) is 15.4. The summed E-state index contributed by atoms with van der Waals surface area (Å²) >= 11 is 5.78. The third kappa shape index (κ3) is 4.21. The average Bonchev–Trinajstić information content (AvgIpc) is 2.35. The van der Waals surface area contributed by atoms with Gasteiger partial charge in [-0.1, -0.05) is 13.8 Å². The molecule has 0 aliphatic carbocycles. The molecular formula is C13H17ClN2O3. The van der Waals surface area contributed by atoms with Crippen LogP contribution in [0, 0.1) is 22.5 Å². The van der Waals surface area contributed by atoms with Crippen molar-refractivity contribution in [3.8, 4) is 0 Å². The topological polar surface area (TPSA) is 72.2 Å². The van der Waals surface area contributed by atoms with Gasteiger partial charge in [-0.05, 0) is 24.5 Å². The Hall–Kier alpha value is -1.62. The second-order valence-electron chi connectivity index (χ2n) is 5.24. The van der Waals surface area contributed by atoms with E-state index in [4.69, 9.17) is 11.6 Å². The van der Waals surface area contributed by atoms with Crippen molar-refractivity contribution in [2.75, 3.05) is 12.4 Å². The van der Waals surface area contributed by atoms with Crippen molar-refractivity contribution in [2.45, 2.75) is 20.8 Å². The highest BCUT2D eigenvalue weighted by Crippen LogP contribution is 2.19. The molecule has 19 heavy (non-hydrogen) atoms. The normalized spacial score (nSPS) is 11.2. The van der Waals surface area contributed by atoms with Gasteiger partial charge in [-0.3, -0.25) is 14.9 Å². The minimum atomic E-state index is -0.465. The van der Waals surface area contributed by atoms with Gasteiger partial charge in [-0.25, -0.2) is 0 Å². The number of aryl methyl sites for hydroxylation is 1. The number of nitrogens with zero attached hydrogens (tertiary/aromatic N) is 1. The molecule has 0 saturated heterocycles. The number of rotatable bonds is 5. The van der Waals surface area contributed by atoms with Crippen LogP contribution in [0.3, 0.4) is 0 Å². The molecule has 104 valence electrons. The van der Waals surface area contributed by atoms with Gasteiger partial charge in [0.25, 0.3) is 11.6 Å². The Morgan fingerprint density at radius 3 is 2.58 bits per heavy atom. The maximum Gasteiger partial charge on any atom is 0.272 e. The van der Waals surface area contributed by atoms with Gasteiger partial charge in [0.15, 0.2) is 0 Å². The summed E-state index contributed by atoms with van der Waals surface area (Å²) in [4.78, 5) is 22.1. The molecule has 0 bridgehead atoms. The number of carbonyl (C=O) groups is 1. The van der Waals surface area contributed by atoms with Crippen LogP contribution in [0.4, 0.5) is 5.69 Å². The van der Waals surface area contributed by atoms with E-state index in [1.165, 1.54) is 18.2 Å². The zero-order chi connectivity index (χ0) is 14.6. The summed E-state index contributed by atoms with van der Waals surface area (Å²) in [6, 6.07) is 4.31. The van der Waals surface area contributed by atoms with E-state index in [0.29, 0.717) is 23.6 Å². The molecule has 0 unspecified atom stereocenters. The van der Waals surface area contributed by atoms with E-state index in [9.17, 15) is 14.9 Å². The summed E-state index contributed by atoms with van der Waals surface area (Å²) in [6.45, 7) is 5.95. The van der Waals surface area contributed by atoms with Gasteiger partial charge in [0, 0.05) is 29.6 Å². The van der Waals surface area contributed by atoms with E-state index in [2.05, 4.69) is 5.32 Å². The smallest absolute Gasteiger partial charge is 0.272 e. The molecule has 6 heteroatoms. The van der Waals surface area contributed by atoms with Gasteiger partial charge in [0.1, 0.15) is 0 Å². The summed E-state index contributed by atoms with van der Waals surface area (Å²) in [5.41, 5.74) is 0.702. The fourth-order valence-corrected chi connectivity index (χ4v) is 1.56. The van der Waals surface area contributed by atoms with Crippen LogP contribution in [0.5, 0.6) is 0 Å². The Morgan fingerprint density at radius 2 is 2.11 bits per heavy atom. The second kappa shape index (κ2) is 6.02. The van der Waals surface area contributed by atoms with Gasteiger partial charge < -0.3 is 5.32 Å². The standard InChI is InChI=1S/C13H17ClN2O3/c1-9-6-10(4-5-11(9)16(18)19)12(17)15-8-13(2,3)7-14/h4-6H,7-8H2,1-3H3,(H,15,17). The van der Waals surface area contributed by atoms with Crippen molar-refractivity contribution in [1.82, 2.24) is 5.32 Å². The predicted molar refractivity (Wildman–Crippen MR) is 74.7 cm³/mol. The Morgan fingerprint density at radius 1 is 1.47 bits per heavy atom. The number of halogens is 1. The lowest BCUT2D eigenvalue weighted by Crippen LogP contribution is -2.35. The van der Waals surface area contributed by atoms with Crippen molar-refractivity contribution in [3.63, 3.8) is 0 Å². The molecule has 1 aromatic carbocycles. The number of benzene rings is 1. The maximum absolute atomic E-state index is 11.9. The quantitative estimate of drug-likeness (QED) is 0.513. The Balaban J connectivity index is 2.79. The first-order chi connectivity index (χ1) is 8.76. The van der Waals surface area contributed by atoms with Crippen molar-refractivity contribution in [2.24, 2.45) is 5.41 Å². The second-order valence-corrected chi connectivity index (χ2v) is 5.51. The molecule has 1 aromatic rings. The lowest BCUT2D eigenvalue weighted by Gasteiger charge is -2.21. The molecule has 1 N–H and O–H groups in total. The molecule has 0 radical (unpaired) electrons. The van der Waals surface area contributed by atoms with Crippen molar-refractivity contribution in [3.05, 3.63) is 39.4 Å². The maximum atomic E-state index is 11.9. The lowest BCUT2D eigenvalue weighted by atomic mass is 9.96. The highest BCUT2D eigenvalue weighted by molar-refractivity contribution is 6.18. The molecule has 0 atom stereocenters. The molecule has 0 aliphatic heterocycles. The molecule has 0 fully saturated rings. The zero-order valence-electron chi connectivity index (χ0n) is 11.2. The highest BCUT2D eigenvalue weighted by Gasteiger charge is 2.19. The number of amides is 1. The van der Waals surface area contributed by atoms with Gasteiger partial charge in [-0.15, -0.1) is 11.6 Å². The number of hydrogen-bond acceptors (Lipinski definition) is 3. The Labute approximate surface area is 117 Å². The van der Waals surface area contributed by atoms with Crippen LogP contribution in [-0.2, 0) is 0 Å². The summed E-state index contributed by atoms with van der Waals surface area (Å²) < 4.78 is 0. The van der Waals surface area contributed by atoms with E-state index in [1.807, 2.05) is 13.8 Å². The fourth-order valence-electron chi connectivity index (χ4n) is 1.47. The Bertz CT molecular complexity index is 501. The molecule has 0 spiro atoms. The summed E-state index contributed by atoms with van der Waals surface area (Å²) in [5.74, 6) is 0.184. The Kier molecular flexibility index (Phi) is 4.89. The van der Waals surface area contributed by atoms with E-state index in [1.54, 1.807) is 6.92 Å². The average molecular weight is 285 g/mol. The van der Waals surface area contributed by atoms with Gasteiger partial charge in [-0.2, -0.15) is 0 Å². The van der Waals surface area contributed by atoms with Gasteiger partial charge >= 0.3 is 0 Å². The third-order valence-electron chi connectivity index (χ3n) is 2.74. The lowest BCUT2D eigenvalue weighted by molar-refractivity contribution is -0.385. The summed E-state index contributed by atoms with van der Waals surface area (Å²) in [6.07, 6.45) is 0. The van der Waals surface area contributed by atoms with E-state index >= 15 is 0 Å². The van der Waals surface area contributed by atoms with Crippen LogP contribution in [0.15, 0.2) is 18.2 Å². The van der Waals surface area contributed by atoms with E-state index in [-0.39, 0.29) is 17.0 Å². The minimum absolute atomic E-state index is 0.0117.